The first-order chi connectivity index (χ1) is 13.8. The van der Waals surface area contributed by atoms with E-state index in [9.17, 15) is 4.79 Å². The molecule has 6 heteroatoms. The Labute approximate surface area is 165 Å². The van der Waals surface area contributed by atoms with Gasteiger partial charge in [-0.2, -0.15) is 0 Å². The van der Waals surface area contributed by atoms with E-state index in [1.54, 1.807) is 0 Å². The van der Waals surface area contributed by atoms with Gasteiger partial charge in [0.05, 0.1) is 16.6 Å². The standard InChI is InChI=1S/C22H28N4O2/c1-2-28-16-6-12-23-22(27)17-10-14-25(15-11-17)21-20-9-5-13-26(20)19-8-4-3-7-18(19)24-21/h3-5,7-9,13,17H,2,6,10-12,14-16H2,1H3,(H,23,27). The lowest BCUT2D eigenvalue weighted by Gasteiger charge is -2.32. The predicted octanol–water partition coefficient (Wildman–Crippen LogP) is 3.25. The van der Waals surface area contributed by atoms with Crippen molar-refractivity contribution in [2.24, 2.45) is 5.92 Å². The van der Waals surface area contributed by atoms with E-state index < -0.39 is 0 Å². The van der Waals surface area contributed by atoms with Gasteiger partial charge in [0.15, 0.2) is 5.82 Å². The molecule has 3 heterocycles. The molecule has 1 amide bonds. The van der Waals surface area contributed by atoms with Gasteiger partial charge >= 0.3 is 0 Å². The summed E-state index contributed by atoms with van der Waals surface area (Å²) in [6, 6.07) is 12.4. The van der Waals surface area contributed by atoms with Gasteiger partial charge in [0.2, 0.25) is 5.91 Å². The molecule has 0 aliphatic carbocycles. The lowest BCUT2D eigenvalue weighted by atomic mass is 9.96. The summed E-state index contributed by atoms with van der Waals surface area (Å²) >= 11 is 0. The molecular formula is C22H28N4O2. The van der Waals surface area contributed by atoms with Crippen LogP contribution >= 0.6 is 0 Å². The van der Waals surface area contributed by atoms with Gasteiger partial charge in [-0.15, -0.1) is 0 Å². The third-order valence-electron chi connectivity index (χ3n) is 5.48. The summed E-state index contributed by atoms with van der Waals surface area (Å²) in [6.07, 6.45) is 4.67. The van der Waals surface area contributed by atoms with Crippen molar-refractivity contribution in [2.75, 3.05) is 37.7 Å². The van der Waals surface area contributed by atoms with Gasteiger partial charge in [-0.05, 0) is 50.5 Å². The van der Waals surface area contributed by atoms with Crippen LogP contribution in [0.15, 0.2) is 42.6 Å². The molecule has 148 valence electrons. The minimum Gasteiger partial charge on any atom is -0.382 e. The Morgan fingerprint density at radius 2 is 1.96 bits per heavy atom. The fourth-order valence-electron chi connectivity index (χ4n) is 3.97. The number of aromatic nitrogens is 2. The fourth-order valence-corrected chi connectivity index (χ4v) is 3.97. The van der Waals surface area contributed by atoms with Crippen molar-refractivity contribution >= 4 is 28.3 Å². The first-order valence-corrected chi connectivity index (χ1v) is 10.2. The Balaban J connectivity index is 1.41. The van der Waals surface area contributed by atoms with E-state index in [-0.39, 0.29) is 11.8 Å². The number of nitrogens with one attached hydrogen (secondary N) is 1. The van der Waals surface area contributed by atoms with Crippen LogP contribution in [0, 0.1) is 5.92 Å². The van der Waals surface area contributed by atoms with Crippen LogP contribution in [0.4, 0.5) is 5.82 Å². The second-order valence-corrected chi connectivity index (χ2v) is 7.29. The SMILES string of the molecule is CCOCCCNC(=O)C1CCN(c2nc3ccccc3n3cccc23)CC1. The Morgan fingerprint density at radius 1 is 1.18 bits per heavy atom. The smallest absolute Gasteiger partial charge is 0.223 e. The number of piperidine rings is 1. The van der Waals surface area contributed by atoms with Gasteiger partial charge in [0.25, 0.3) is 0 Å². The number of carbonyl (C=O) groups is 1. The Hall–Kier alpha value is -2.60. The number of benzene rings is 1. The maximum absolute atomic E-state index is 12.4. The van der Waals surface area contributed by atoms with Crippen LogP contribution in [0.1, 0.15) is 26.2 Å². The number of anilines is 1. The van der Waals surface area contributed by atoms with Gasteiger partial charge < -0.3 is 19.4 Å². The summed E-state index contributed by atoms with van der Waals surface area (Å²) in [5.74, 6) is 1.28. The highest BCUT2D eigenvalue weighted by atomic mass is 16.5. The van der Waals surface area contributed by atoms with Gasteiger partial charge in [-0.1, -0.05) is 12.1 Å². The predicted molar refractivity (Wildman–Crippen MR) is 112 cm³/mol. The number of amides is 1. The lowest BCUT2D eigenvalue weighted by Crippen LogP contribution is -2.41. The maximum atomic E-state index is 12.4. The van der Waals surface area contributed by atoms with Crippen molar-refractivity contribution < 1.29 is 9.53 Å². The van der Waals surface area contributed by atoms with Gasteiger partial charge in [0, 0.05) is 45.0 Å². The molecule has 0 spiro atoms. The maximum Gasteiger partial charge on any atom is 0.223 e. The van der Waals surface area contributed by atoms with Crippen LogP contribution in [0.2, 0.25) is 0 Å². The molecule has 1 saturated heterocycles. The lowest BCUT2D eigenvalue weighted by molar-refractivity contribution is -0.125. The molecule has 1 aromatic carbocycles. The van der Waals surface area contributed by atoms with Crippen LogP contribution in [0.3, 0.4) is 0 Å². The minimum absolute atomic E-state index is 0.0895. The van der Waals surface area contributed by atoms with E-state index in [4.69, 9.17) is 9.72 Å². The third kappa shape index (κ3) is 3.83. The second-order valence-electron chi connectivity index (χ2n) is 7.29. The highest BCUT2D eigenvalue weighted by molar-refractivity contribution is 5.85. The number of hydrogen-bond donors (Lipinski definition) is 1. The van der Waals surface area contributed by atoms with Gasteiger partial charge in [-0.25, -0.2) is 4.98 Å². The Morgan fingerprint density at radius 3 is 2.79 bits per heavy atom. The van der Waals surface area contributed by atoms with Crippen molar-refractivity contribution in [3.63, 3.8) is 0 Å². The molecule has 6 nitrogen and oxygen atoms in total. The van der Waals surface area contributed by atoms with Crippen LogP contribution in [-0.4, -0.2) is 48.1 Å². The molecule has 28 heavy (non-hydrogen) atoms. The van der Waals surface area contributed by atoms with E-state index in [0.29, 0.717) is 13.2 Å². The number of para-hydroxylation sites is 2. The first-order valence-electron chi connectivity index (χ1n) is 10.2. The average Bonchev–Trinajstić information content (AvgIpc) is 3.23. The normalized spacial score (nSPS) is 15.4. The van der Waals surface area contributed by atoms with E-state index in [1.807, 2.05) is 19.1 Å². The summed E-state index contributed by atoms with van der Waals surface area (Å²) in [7, 11) is 0. The molecule has 1 N–H and O–H groups in total. The minimum atomic E-state index is 0.0895. The molecule has 1 aliphatic heterocycles. The third-order valence-corrected chi connectivity index (χ3v) is 5.48. The molecule has 0 atom stereocenters. The Kier molecular flexibility index (Phi) is 5.76. The zero-order chi connectivity index (χ0) is 19.3. The van der Waals surface area contributed by atoms with Crippen molar-refractivity contribution in [3.8, 4) is 0 Å². The fraction of sp³-hybridized carbons (Fsp3) is 0.455. The first kappa shape index (κ1) is 18.7. The molecular weight excluding hydrogens is 352 g/mol. The zero-order valence-corrected chi connectivity index (χ0v) is 16.4. The molecule has 0 unspecified atom stereocenters. The zero-order valence-electron chi connectivity index (χ0n) is 16.4. The summed E-state index contributed by atoms with van der Waals surface area (Å²) in [4.78, 5) is 19.7. The molecule has 1 aliphatic rings. The molecule has 1 fully saturated rings. The van der Waals surface area contributed by atoms with E-state index in [2.05, 4.69) is 45.1 Å². The summed E-state index contributed by atoms with van der Waals surface area (Å²) < 4.78 is 7.52. The highest BCUT2D eigenvalue weighted by Crippen LogP contribution is 2.28. The van der Waals surface area contributed by atoms with Crippen LogP contribution in [-0.2, 0) is 9.53 Å². The van der Waals surface area contributed by atoms with E-state index in [0.717, 1.165) is 61.3 Å². The van der Waals surface area contributed by atoms with E-state index in [1.165, 1.54) is 0 Å². The number of fused-ring (bicyclic) bond motifs is 3. The number of carbonyl (C=O) groups excluding carboxylic acids is 1. The van der Waals surface area contributed by atoms with Gasteiger partial charge in [0.1, 0.15) is 0 Å². The van der Waals surface area contributed by atoms with Crippen molar-refractivity contribution in [2.45, 2.75) is 26.2 Å². The van der Waals surface area contributed by atoms with Crippen molar-refractivity contribution in [1.29, 1.82) is 0 Å². The van der Waals surface area contributed by atoms with Crippen LogP contribution in [0.5, 0.6) is 0 Å². The monoisotopic (exact) mass is 380 g/mol. The molecule has 0 saturated carbocycles. The molecule has 3 aromatic rings. The molecule has 4 rings (SSSR count). The molecule has 0 radical (unpaired) electrons. The number of hydrogen-bond acceptors (Lipinski definition) is 4. The van der Waals surface area contributed by atoms with Crippen LogP contribution in [0.25, 0.3) is 16.6 Å². The highest BCUT2D eigenvalue weighted by Gasteiger charge is 2.26. The second kappa shape index (κ2) is 8.61. The largest absolute Gasteiger partial charge is 0.382 e. The van der Waals surface area contributed by atoms with Crippen molar-refractivity contribution in [3.05, 3.63) is 42.6 Å². The summed E-state index contributed by atoms with van der Waals surface area (Å²) in [6.45, 7) is 5.81. The molecule has 2 aromatic heterocycles. The quantitative estimate of drug-likeness (QED) is 0.639. The number of rotatable bonds is 7. The van der Waals surface area contributed by atoms with Crippen molar-refractivity contribution in [1.82, 2.24) is 14.7 Å². The average molecular weight is 380 g/mol. The summed E-state index contributed by atoms with van der Waals surface area (Å²) in [5.41, 5.74) is 3.24. The number of ether oxygens (including phenoxy) is 1. The summed E-state index contributed by atoms with van der Waals surface area (Å²) in [5, 5.41) is 3.06. The van der Waals surface area contributed by atoms with E-state index >= 15 is 0 Å². The molecule has 0 bridgehead atoms. The topological polar surface area (TPSA) is 58.9 Å². The van der Waals surface area contributed by atoms with Crippen LogP contribution < -0.4 is 10.2 Å². The Bertz CT molecular complexity index is 944. The van der Waals surface area contributed by atoms with Gasteiger partial charge in [-0.3, -0.25) is 4.79 Å². The number of nitrogens with zero attached hydrogens (tertiary/aromatic N) is 3.